The molecule has 0 radical (unpaired) electrons. The molecule has 0 fully saturated rings. The zero-order valence-electron chi connectivity index (χ0n) is 13.1. The van der Waals surface area contributed by atoms with E-state index in [-0.39, 0.29) is 6.04 Å². The van der Waals surface area contributed by atoms with Gasteiger partial charge in [0.25, 0.3) is 0 Å². The Hall–Kier alpha value is -1.65. The summed E-state index contributed by atoms with van der Waals surface area (Å²) in [5.41, 5.74) is 11.5. The maximum absolute atomic E-state index is 6.14. The van der Waals surface area contributed by atoms with Crippen LogP contribution in [0.5, 0.6) is 0 Å². The van der Waals surface area contributed by atoms with Crippen LogP contribution in [0.2, 0.25) is 0 Å². The van der Waals surface area contributed by atoms with Gasteiger partial charge in [0.2, 0.25) is 0 Å². The molecule has 2 heterocycles. The van der Waals surface area contributed by atoms with E-state index in [4.69, 9.17) is 5.73 Å². The number of fused-ring (bicyclic) bond motifs is 1. The van der Waals surface area contributed by atoms with Gasteiger partial charge in [-0.1, -0.05) is 17.7 Å². The fraction of sp³-hybridized carbons (Fsp3) is 0.471. The van der Waals surface area contributed by atoms with Gasteiger partial charge < -0.3 is 10.3 Å². The lowest BCUT2D eigenvalue weighted by Gasteiger charge is -2.36. The summed E-state index contributed by atoms with van der Waals surface area (Å²) < 4.78 is 2.24. The summed E-state index contributed by atoms with van der Waals surface area (Å²) >= 11 is 0. The fourth-order valence-corrected chi connectivity index (χ4v) is 3.62. The number of rotatable bonds is 3. The lowest BCUT2D eigenvalue weighted by Crippen LogP contribution is -2.40. The molecule has 1 aromatic heterocycles. The molecule has 4 heteroatoms. The van der Waals surface area contributed by atoms with Gasteiger partial charge in [-0.3, -0.25) is 4.90 Å². The van der Waals surface area contributed by atoms with E-state index in [1.807, 2.05) is 6.20 Å². The average molecular weight is 284 g/mol. The van der Waals surface area contributed by atoms with Crippen LogP contribution in [0.3, 0.4) is 0 Å². The largest absolute Gasteiger partial charge is 0.333 e. The number of hydrogen-bond acceptors (Lipinski definition) is 3. The number of imidazole rings is 1. The summed E-state index contributed by atoms with van der Waals surface area (Å²) in [7, 11) is 0. The monoisotopic (exact) mass is 284 g/mol. The van der Waals surface area contributed by atoms with Crippen molar-refractivity contribution < 1.29 is 0 Å². The van der Waals surface area contributed by atoms with Gasteiger partial charge in [0, 0.05) is 38.1 Å². The first-order valence-electron chi connectivity index (χ1n) is 7.62. The topological polar surface area (TPSA) is 47.1 Å². The van der Waals surface area contributed by atoms with Crippen molar-refractivity contribution >= 4 is 0 Å². The number of aryl methyl sites for hydroxylation is 3. The van der Waals surface area contributed by atoms with Gasteiger partial charge in [0.15, 0.2) is 0 Å². The highest BCUT2D eigenvalue weighted by atomic mass is 15.3. The zero-order chi connectivity index (χ0) is 15.0. The van der Waals surface area contributed by atoms with Crippen LogP contribution in [0.1, 0.15) is 34.1 Å². The highest BCUT2D eigenvalue weighted by molar-refractivity contribution is 5.40. The van der Waals surface area contributed by atoms with Crippen LogP contribution in [0.25, 0.3) is 0 Å². The molecule has 1 atom stereocenters. The minimum absolute atomic E-state index is 0.274. The second-order valence-corrected chi connectivity index (χ2v) is 6.07. The maximum atomic E-state index is 6.14. The molecule has 0 bridgehead atoms. The molecule has 2 aromatic rings. The average Bonchev–Trinajstić information content (AvgIpc) is 2.89. The molecule has 0 spiro atoms. The van der Waals surface area contributed by atoms with E-state index in [1.54, 1.807) is 0 Å². The summed E-state index contributed by atoms with van der Waals surface area (Å²) in [6.07, 6.45) is 3.95. The SMILES string of the molecule is Cc1cc(C)c(C(CN)N2CCn3ccnc3C2)c(C)c1. The Balaban J connectivity index is 1.93. The van der Waals surface area contributed by atoms with E-state index in [0.29, 0.717) is 6.54 Å². The van der Waals surface area contributed by atoms with Crippen LogP contribution in [0, 0.1) is 20.8 Å². The van der Waals surface area contributed by atoms with Gasteiger partial charge in [0.1, 0.15) is 5.82 Å². The van der Waals surface area contributed by atoms with Crippen molar-refractivity contribution in [2.45, 2.75) is 39.9 Å². The first-order valence-corrected chi connectivity index (χ1v) is 7.62. The molecule has 1 aliphatic rings. The predicted molar refractivity (Wildman–Crippen MR) is 85.1 cm³/mol. The second kappa shape index (κ2) is 5.62. The Kier molecular flexibility index (Phi) is 3.83. The van der Waals surface area contributed by atoms with Crippen LogP contribution >= 0.6 is 0 Å². The van der Waals surface area contributed by atoms with E-state index in [2.05, 4.69) is 53.6 Å². The molecular formula is C17H24N4. The number of nitrogens with two attached hydrogens (primary N) is 1. The van der Waals surface area contributed by atoms with Crippen LogP contribution in [-0.2, 0) is 13.1 Å². The van der Waals surface area contributed by atoms with Crippen LogP contribution in [0.4, 0.5) is 0 Å². The van der Waals surface area contributed by atoms with E-state index in [0.717, 1.165) is 25.5 Å². The Morgan fingerprint density at radius 3 is 2.57 bits per heavy atom. The van der Waals surface area contributed by atoms with Gasteiger partial charge in [-0.25, -0.2) is 4.98 Å². The number of nitrogens with zero attached hydrogens (tertiary/aromatic N) is 3. The summed E-state index contributed by atoms with van der Waals surface area (Å²) in [4.78, 5) is 6.92. The smallest absolute Gasteiger partial charge is 0.122 e. The quantitative estimate of drug-likeness (QED) is 0.941. The Bertz CT molecular complexity index is 621. The molecule has 4 nitrogen and oxygen atoms in total. The number of benzene rings is 1. The molecule has 0 saturated carbocycles. The molecule has 0 saturated heterocycles. The number of hydrogen-bond donors (Lipinski definition) is 1. The molecule has 1 aliphatic heterocycles. The third kappa shape index (κ3) is 2.61. The minimum atomic E-state index is 0.274. The fourth-order valence-electron chi connectivity index (χ4n) is 3.62. The summed E-state index contributed by atoms with van der Waals surface area (Å²) in [6.45, 7) is 10.1. The summed E-state index contributed by atoms with van der Waals surface area (Å²) in [6, 6.07) is 4.79. The van der Waals surface area contributed by atoms with E-state index in [9.17, 15) is 0 Å². The molecule has 112 valence electrons. The third-order valence-corrected chi connectivity index (χ3v) is 4.51. The van der Waals surface area contributed by atoms with Gasteiger partial charge >= 0.3 is 0 Å². The Morgan fingerprint density at radius 2 is 1.90 bits per heavy atom. The molecule has 2 N–H and O–H groups in total. The summed E-state index contributed by atoms with van der Waals surface area (Å²) in [5.74, 6) is 1.14. The van der Waals surface area contributed by atoms with Crippen molar-refractivity contribution in [2.75, 3.05) is 13.1 Å². The normalized spacial score (nSPS) is 16.8. The Morgan fingerprint density at radius 1 is 1.19 bits per heavy atom. The molecule has 0 amide bonds. The highest BCUT2D eigenvalue weighted by Crippen LogP contribution is 2.29. The van der Waals surface area contributed by atoms with Crippen molar-refractivity contribution in [2.24, 2.45) is 5.73 Å². The predicted octanol–water partition coefficient (Wildman–Crippen LogP) is 2.32. The first kappa shape index (κ1) is 14.3. The van der Waals surface area contributed by atoms with Gasteiger partial charge in [-0.2, -0.15) is 0 Å². The van der Waals surface area contributed by atoms with E-state index < -0.39 is 0 Å². The van der Waals surface area contributed by atoms with Crippen molar-refractivity contribution in [3.63, 3.8) is 0 Å². The van der Waals surface area contributed by atoms with Crippen molar-refractivity contribution in [3.8, 4) is 0 Å². The van der Waals surface area contributed by atoms with Gasteiger partial charge in [-0.15, -0.1) is 0 Å². The molecular weight excluding hydrogens is 260 g/mol. The molecule has 1 unspecified atom stereocenters. The van der Waals surface area contributed by atoms with Gasteiger partial charge in [0.05, 0.1) is 6.54 Å². The van der Waals surface area contributed by atoms with Crippen LogP contribution in [-0.4, -0.2) is 27.5 Å². The standard InChI is InChI=1S/C17H24N4/c1-12-8-13(2)17(14(3)9-12)15(10-18)21-7-6-20-5-4-19-16(20)11-21/h4-5,8-9,15H,6-7,10-11,18H2,1-3H3. The van der Waals surface area contributed by atoms with Crippen LogP contribution in [0.15, 0.2) is 24.5 Å². The van der Waals surface area contributed by atoms with Crippen molar-refractivity contribution in [3.05, 3.63) is 52.6 Å². The lowest BCUT2D eigenvalue weighted by atomic mass is 9.93. The lowest BCUT2D eigenvalue weighted by molar-refractivity contribution is 0.155. The van der Waals surface area contributed by atoms with Gasteiger partial charge in [-0.05, 0) is 37.5 Å². The molecule has 1 aromatic carbocycles. The Labute approximate surface area is 126 Å². The third-order valence-electron chi connectivity index (χ3n) is 4.51. The summed E-state index contributed by atoms with van der Waals surface area (Å²) in [5, 5.41) is 0. The van der Waals surface area contributed by atoms with Crippen molar-refractivity contribution in [1.82, 2.24) is 14.5 Å². The van der Waals surface area contributed by atoms with E-state index in [1.165, 1.54) is 22.3 Å². The molecule has 0 aliphatic carbocycles. The second-order valence-electron chi connectivity index (χ2n) is 6.07. The molecule has 3 rings (SSSR count). The number of aromatic nitrogens is 2. The minimum Gasteiger partial charge on any atom is -0.333 e. The van der Waals surface area contributed by atoms with E-state index >= 15 is 0 Å². The molecule has 21 heavy (non-hydrogen) atoms. The zero-order valence-corrected chi connectivity index (χ0v) is 13.1. The maximum Gasteiger partial charge on any atom is 0.122 e. The highest BCUT2D eigenvalue weighted by Gasteiger charge is 2.26. The first-order chi connectivity index (χ1) is 10.1. The van der Waals surface area contributed by atoms with Crippen molar-refractivity contribution in [1.29, 1.82) is 0 Å². The van der Waals surface area contributed by atoms with Crippen LogP contribution < -0.4 is 5.73 Å².